The number of benzene rings is 1. The SMILES string of the molecule is COc1cc2c(cc1OC)[C@H](c1c(O)nc(SC)n(C(C)=O)c1=O)NCC2. The first-order valence-corrected chi connectivity index (χ1v) is 9.54. The summed E-state index contributed by atoms with van der Waals surface area (Å²) in [5.41, 5.74) is 1.20. The van der Waals surface area contributed by atoms with Gasteiger partial charge in [-0.25, -0.2) is 4.57 Å². The predicted molar refractivity (Wildman–Crippen MR) is 101 cm³/mol. The molecule has 0 amide bonds. The Balaban J connectivity index is 2.24. The van der Waals surface area contributed by atoms with Crippen molar-refractivity contribution in [1.82, 2.24) is 14.9 Å². The van der Waals surface area contributed by atoms with Crippen LogP contribution in [0.5, 0.6) is 17.4 Å². The van der Waals surface area contributed by atoms with Gasteiger partial charge in [-0.1, -0.05) is 11.8 Å². The van der Waals surface area contributed by atoms with Gasteiger partial charge in [-0.05, 0) is 35.9 Å². The molecule has 27 heavy (non-hydrogen) atoms. The molecule has 0 aliphatic carbocycles. The molecule has 1 aliphatic rings. The summed E-state index contributed by atoms with van der Waals surface area (Å²) in [5.74, 6) is 0.270. The zero-order valence-corrected chi connectivity index (χ0v) is 16.3. The first kappa shape index (κ1) is 19.2. The molecule has 3 rings (SSSR count). The summed E-state index contributed by atoms with van der Waals surface area (Å²) in [5, 5.41) is 13.9. The minimum absolute atomic E-state index is 0.0381. The second kappa shape index (κ2) is 7.61. The van der Waals surface area contributed by atoms with E-state index in [9.17, 15) is 14.7 Å². The van der Waals surface area contributed by atoms with Gasteiger partial charge in [0.15, 0.2) is 16.7 Å². The molecule has 144 valence electrons. The van der Waals surface area contributed by atoms with E-state index in [4.69, 9.17) is 9.47 Å². The van der Waals surface area contributed by atoms with Crippen LogP contribution in [-0.4, -0.2) is 47.6 Å². The van der Waals surface area contributed by atoms with Crippen molar-refractivity contribution < 1.29 is 19.4 Å². The van der Waals surface area contributed by atoms with Gasteiger partial charge in [0.1, 0.15) is 5.56 Å². The highest BCUT2D eigenvalue weighted by atomic mass is 32.2. The van der Waals surface area contributed by atoms with Crippen molar-refractivity contribution >= 4 is 17.7 Å². The van der Waals surface area contributed by atoms with Gasteiger partial charge < -0.3 is 19.9 Å². The average molecular weight is 391 g/mol. The normalized spacial score (nSPS) is 15.9. The molecule has 1 aromatic carbocycles. The van der Waals surface area contributed by atoms with Crippen LogP contribution in [0.3, 0.4) is 0 Å². The summed E-state index contributed by atoms with van der Waals surface area (Å²) in [6, 6.07) is 3.03. The Morgan fingerprint density at radius 3 is 2.59 bits per heavy atom. The maximum Gasteiger partial charge on any atom is 0.270 e. The second-order valence-electron chi connectivity index (χ2n) is 6.04. The molecule has 0 bridgehead atoms. The van der Waals surface area contributed by atoms with E-state index in [0.29, 0.717) is 18.0 Å². The molecule has 0 saturated heterocycles. The van der Waals surface area contributed by atoms with Gasteiger partial charge in [0.25, 0.3) is 5.56 Å². The lowest BCUT2D eigenvalue weighted by Crippen LogP contribution is -2.38. The summed E-state index contributed by atoms with van der Waals surface area (Å²) in [6.45, 7) is 1.89. The molecule has 8 nitrogen and oxygen atoms in total. The molecule has 0 saturated carbocycles. The summed E-state index contributed by atoms with van der Waals surface area (Å²) >= 11 is 1.12. The third-order valence-corrected chi connectivity index (χ3v) is 5.19. The number of fused-ring (bicyclic) bond motifs is 1. The van der Waals surface area contributed by atoms with E-state index in [0.717, 1.165) is 33.9 Å². The zero-order valence-electron chi connectivity index (χ0n) is 15.5. The van der Waals surface area contributed by atoms with Crippen LogP contribution < -0.4 is 20.3 Å². The molecule has 0 radical (unpaired) electrons. The Bertz CT molecular complexity index is 957. The topological polar surface area (TPSA) is 103 Å². The lowest BCUT2D eigenvalue weighted by atomic mass is 9.90. The number of hydrogen-bond donors (Lipinski definition) is 2. The molecule has 1 aliphatic heterocycles. The Morgan fingerprint density at radius 2 is 2.00 bits per heavy atom. The van der Waals surface area contributed by atoms with Crippen molar-refractivity contribution in [3.63, 3.8) is 0 Å². The molecule has 2 N–H and O–H groups in total. The van der Waals surface area contributed by atoms with Gasteiger partial charge in [-0.2, -0.15) is 4.98 Å². The number of nitrogens with one attached hydrogen (secondary N) is 1. The molecule has 1 aromatic heterocycles. The monoisotopic (exact) mass is 391 g/mol. The van der Waals surface area contributed by atoms with Crippen LogP contribution in [-0.2, 0) is 6.42 Å². The van der Waals surface area contributed by atoms with Crippen molar-refractivity contribution in [3.05, 3.63) is 39.2 Å². The smallest absolute Gasteiger partial charge is 0.270 e. The molecular formula is C18H21N3O5S. The van der Waals surface area contributed by atoms with Crippen molar-refractivity contribution in [1.29, 1.82) is 0 Å². The van der Waals surface area contributed by atoms with Crippen LogP contribution in [0.15, 0.2) is 22.1 Å². The van der Waals surface area contributed by atoms with Crippen molar-refractivity contribution in [2.24, 2.45) is 0 Å². The van der Waals surface area contributed by atoms with Crippen LogP contribution in [0.4, 0.5) is 0 Å². The third-order valence-electron chi connectivity index (χ3n) is 4.55. The number of aromatic hydroxyl groups is 1. The van der Waals surface area contributed by atoms with Crippen molar-refractivity contribution in [2.75, 3.05) is 27.0 Å². The molecule has 9 heteroatoms. The molecule has 1 atom stereocenters. The highest BCUT2D eigenvalue weighted by Gasteiger charge is 2.31. The number of hydrogen-bond acceptors (Lipinski definition) is 8. The maximum atomic E-state index is 13.0. The predicted octanol–water partition coefficient (Wildman–Crippen LogP) is 1.58. The highest BCUT2D eigenvalue weighted by molar-refractivity contribution is 7.98. The largest absolute Gasteiger partial charge is 0.493 e. The molecule has 0 fully saturated rings. The van der Waals surface area contributed by atoms with E-state index in [2.05, 4.69) is 10.3 Å². The van der Waals surface area contributed by atoms with E-state index in [1.54, 1.807) is 19.4 Å². The molecular weight excluding hydrogens is 370 g/mol. The van der Waals surface area contributed by atoms with Gasteiger partial charge in [0, 0.05) is 13.5 Å². The summed E-state index contributed by atoms with van der Waals surface area (Å²) in [6.07, 6.45) is 2.41. The number of carbonyl (C=O) groups excluding carboxylic acids is 1. The molecule has 2 aromatic rings. The van der Waals surface area contributed by atoms with E-state index in [-0.39, 0.29) is 16.6 Å². The van der Waals surface area contributed by atoms with Crippen LogP contribution in [0.2, 0.25) is 0 Å². The van der Waals surface area contributed by atoms with E-state index < -0.39 is 17.5 Å². The number of nitrogens with zero attached hydrogens (tertiary/aromatic N) is 2. The highest BCUT2D eigenvalue weighted by Crippen LogP contribution is 2.38. The van der Waals surface area contributed by atoms with Crippen LogP contribution in [0.1, 0.15) is 34.5 Å². The number of carbonyl (C=O) groups is 1. The van der Waals surface area contributed by atoms with E-state index in [1.807, 2.05) is 6.07 Å². The number of aromatic nitrogens is 2. The van der Waals surface area contributed by atoms with Gasteiger partial charge in [0.2, 0.25) is 11.8 Å². The Kier molecular flexibility index (Phi) is 5.43. The average Bonchev–Trinajstić information content (AvgIpc) is 2.65. The zero-order chi connectivity index (χ0) is 19.7. The maximum absolute atomic E-state index is 13.0. The van der Waals surface area contributed by atoms with Gasteiger partial charge in [0.05, 0.1) is 20.3 Å². The summed E-state index contributed by atoms with van der Waals surface area (Å²) in [7, 11) is 3.09. The van der Waals surface area contributed by atoms with Gasteiger partial charge in [-0.3, -0.25) is 9.59 Å². The van der Waals surface area contributed by atoms with Crippen molar-refractivity contribution in [3.8, 4) is 17.4 Å². The lowest BCUT2D eigenvalue weighted by molar-refractivity contribution is 0.0918. The fourth-order valence-corrected chi connectivity index (χ4v) is 3.88. The number of ether oxygens (including phenoxy) is 2. The lowest BCUT2D eigenvalue weighted by Gasteiger charge is -2.28. The first-order valence-electron chi connectivity index (χ1n) is 8.31. The van der Waals surface area contributed by atoms with Gasteiger partial charge >= 0.3 is 0 Å². The van der Waals surface area contributed by atoms with Crippen LogP contribution in [0, 0.1) is 0 Å². The minimum atomic E-state index is -0.616. The standard InChI is InChI=1S/C18H21N3O5S/c1-9(22)21-17(24)14(16(23)20-18(21)27-4)15-11-8-13(26-3)12(25-2)7-10(11)5-6-19-15/h7-8,15,19,23H,5-6H2,1-4H3/t15-/m1/s1. The Morgan fingerprint density at radius 1 is 1.33 bits per heavy atom. The number of thioether (sulfide) groups is 1. The third kappa shape index (κ3) is 3.28. The minimum Gasteiger partial charge on any atom is -0.493 e. The van der Waals surface area contributed by atoms with E-state index >= 15 is 0 Å². The van der Waals surface area contributed by atoms with Gasteiger partial charge in [-0.15, -0.1) is 0 Å². The summed E-state index contributed by atoms with van der Waals surface area (Å²) < 4.78 is 11.7. The van der Waals surface area contributed by atoms with Crippen molar-refractivity contribution in [2.45, 2.75) is 24.5 Å². The fraction of sp³-hybridized carbons (Fsp3) is 0.389. The Hall–Kier alpha value is -2.52. The molecule has 0 unspecified atom stereocenters. The first-order chi connectivity index (χ1) is 12.9. The summed E-state index contributed by atoms with van der Waals surface area (Å²) in [4.78, 5) is 29.1. The quantitative estimate of drug-likeness (QED) is 0.598. The van der Waals surface area contributed by atoms with Crippen LogP contribution in [0.25, 0.3) is 0 Å². The van der Waals surface area contributed by atoms with Crippen LogP contribution >= 0.6 is 11.8 Å². The fourth-order valence-electron chi connectivity index (χ4n) is 3.31. The Labute approximate surface area is 160 Å². The van der Waals surface area contributed by atoms with E-state index in [1.165, 1.54) is 14.0 Å². The number of rotatable bonds is 4. The molecule has 2 heterocycles. The molecule has 0 spiro atoms. The number of methoxy groups -OCH3 is 2. The second-order valence-corrected chi connectivity index (χ2v) is 6.81.